The summed E-state index contributed by atoms with van der Waals surface area (Å²) >= 11 is 8.76. The Kier molecular flexibility index (Phi) is 6.42. The summed E-state index contributed by atoms with van der Waals surface area (Å²) in [6.07, 6.45) is 1.05. The van der Waals surface area contributed by atoms with E-state index in [0.29, 0.717) is 30.8 Å². The van der Waals surface area contributed by atoms with Crippen LogP contribution >= 0.6 is 34.3 Å². The zero-order chi connectivity index (χ0) is 15.9. The number of hydrogen-bond acceptors (Lipinski definition) is 4. The summed E-state index contributed by atoms with van der Waals surface area (Å²) in [7, 11) is 1.78. The van der Waals surface area contributed by atoms with Crippen LogP contribution in [0.3, 0.4) is 0 Å². The molecule has 0 saturated carbocycles. The van der Waals surface area contributed by atoms with Gasteiger partial charge in [0.05, 0.1) is 15.8 Å². The lowest BCUT2D eigenvalue weighted by Gasteiger charge is -2.16. The molecule has 0 aliphatic heterocycles. The summed E-state index contributed by atoms with van der Waals surface area (Å²) in [4.78, 5) is 27.2. The third kappa shape index (κ3) is 5.12. The lowest BCUT2D eigenvalue weighted by molar-refractivity contribution is -0.130. The van der Waals surface area contributed by atoms with Crippen LogP contribution in [0.15, 0.2) is 29.6 Å². The van der Waals surface area contributed by atoms with Crippen LogP contribution in [0.2, 0.25) is 4.34 Å². The second-order valence-corrected chi connectivity index (χ2v) is 7.54. The summed E-state index contributed by atoms with van der Waals surface area (Å²) in [5.74, 6) is -0.0149. The summed E-state index contributed by atoms with van der Waals surface area (Å²) < 4.78 is 0.729. The van der Waals surface area contributed by atoms with Gasteiger partial charge >= 0.3 is 0 Å². The number of nitrogens with zero attached hydrogens (tertiary/aromatic N) is 1. The number of nitrogens with one attached hydrogen (secondary N) is 1. The Hall–Kier alpha value is -1.37. The Morgan fingerprint density at radius 1 is 1.32 bits per heavy atom. The molecular formula is C15H17ClN2O2S2. The van der Waals surface area contributed by atoms with Crippen LogP contribution < -0.4 is 5.32 Å². The highest BCUT2D eigenvalue weighted by Crippen LogP contribution is 2.22. The van der Waals surface area contributed by atoms with Crippen molar-refractivity contribution in [2.45, 2.75) is 19.4 Å². The second kappa shape index (κ2) is 8.31. The first-order valence-electron chi connectivity index (χ1n) is 6.86. The molecule has 0 atom stereocenters. The van der Waals surface area contributed by atoms with Gasteiger partial charge in [-0.25, -0.2) is 0 Å². The van der Waals surface area contributed by atoms with Crippen LogP contribution in [0.25, 0.3) is 0 Å². The van der Waals surface area contributed by atoms with E-state index in [-0.39, 0.29) is 11.8 Å². The number of carbonyl (C=O) groups excluding carboxylic acids is 2. The molecule has 7 heteroatoms. The molecule has 0 fully saturated rings. The molecule has 0 aromatic carbocycles. The average Bonchev–Trinajstić information content (AvgIpc) is 3.14. The Morgan fingerprint density at radius 2 is 2.14 bits per heavy atom. The molecule has 118 valence electrons. The molecule has 22 heavy (non-hydrogen) atoms. The number of amides is 2. The van der Waals surface area contributed by atoms with E-state index in [2.05, 4.69) is 5.32 Å². The standard InChI is InChI=1S/C15H17ClN2O2S2/c1-18(10-11-6-7-13(16)22-11)14(19)5-2-8-17-15(20)12-4-3-9-21-12/h3-4,6-7,9H,2,5,8,10H2,1H3,(H,17,20). The van der Waals surface area contributed by atoms with Crippen LogP contribution in [0.5, 0.6) is 0 Å². The minimum absolute atomic E-state index is 0.0647. The number of carbonyl (C=O) groups is 2. The van der Waals surface area contributed by atoms with Crippen molar-refractivity contribution < 1.29 is 9.59 Å². The fourth-order valence-corrected chi connectivity index (χ4v) is 3.67. The molecule has 0 bridgehead atoms. The first-order chi connectivity index (χ1) is 10.6. The van der Waals surface area contributed by atoms with E-state index in [0.717, 1.165) is 9.21 Å². The lowest BCUT2D eigenvalue weighted by Crippen LogP contribution is -2.28. The second-order valence-electron chi connectivity index (χ2n) is 4.79. The van der Waals surface area contributed by atoms with E-state index >= 15 is 0 Å². The quantitative estimate of drug-likeness (QED) is 0.770. The van der Waals surface area contributed by atoms with E-state index in [4.69, 9.17) is 11.6 Å². The van der Waals surface area contributed by atoms with Gasteiger partial charge in [-0.2, -0.15) is 0 Å². The van der Waals surface area contributed by atoms with Gasteiger partial charge in [0.1, 0.15) is 0 Å². The number of rotatable bonds is 7. The van der Waals surface area contributed by atoms with Crippen molar-refractivity contribution in [3.8, 4) is 0 Å². The van der Waals surface area contributed by atoms with Crippen molar-refractivity contribution in [1.29, 1.82) is 0 Å². The molecule has 0 aliphatic rings. The van der Waals surface area contributed by atoms with Gasteiger partial charge in [-0.1, -0.05) is 17.7 Å². The van der Waals surface area contributed by atoms with Crippen LogP contribution in [-0.4, -0.2) is 30.3 Å². The van der Waals surface area contributed by atoms with Crippen molar-refractivity contribution in [2.24, 2.45) is 0 Å². The zero-order valence-electron chi connectivity index (χ0n) is 12.2. The van der Waals surface area contributed by atoms with Gasteiger partial charge in [0.15, 0.2) is 0 Å². The maximum absolute atomic E-state index is 12.0. The average molecular weight is 357 g/mol. The molecule has 0 aliphatic carbocycles. The first-order valence-corrected chi connectivity index (χ1v) is 8.93. The molecule has 0 radical (unpaired) electrons. The van der Waals surface area contributed by atoms with Crippen molar-refractivity contribution in [1.82, 2.24) is 10.2 Å². The molecule has 0 spiro atoms. The predicted molar refractivity (Wildman–Crippen MR) is 91.7 cm³/mol. The van der Waals surface area contributed by atoms with Crippen molar-refractivity contribution in [3.63, 3.8) is 0 Å². The SMILES string of the molecule is CN(Cc1ccc(Cl)s1)C(=O)CCCNC(=O)c1cccs1. The predicted octanol–water partition coefficient (Wildman–Crippen LogP) is 3.63. The lowest BCUT2D eigenvalue weighted by atomic mass is 10.2. The first kappa shape index (κ1) is 17.0. The van der Waals surface area contributed by atoms with E-state index in [1.54, 1.807) is 18.0 Å². The Morgan fingerprint density at radius 3 is 2.77 bits per heavy atom. The van der Waals surface area contributed by atoms with E-state index in [1.165, 1.54) is 22.7 Å². The highest BCUT2D eigenvalue weighted by atomic mass is 35.5. The molecule has 2 rings (SSSR count). The topological polar surface area (TPSA) is 49.4 Å². The largest absolute Gasteiger partial charge is 0.351 e. The molecule has 1 N–H and O–H groups in total. The van der Waals surface area contributed by atoms with Gasteiger partial charge in [-0.3, -0.25) is 9.59 Å². The maximum atomic E-state index is 12.0. The van der Waals surface area contributed by atoms with Crippen molar-refractivity contribution in [2.75, 3.05) is 13.6 Å². The molecular weight excluding hydrogens is 340 g/mol. The number of thiophene rings is 2. The van der Waals surface area contributed by atoms with Crippen LogP contribution in [-0.2, 0) is 11.3 Å². The molecule has 2 heterocycles. The summed E-state index contributed by atoms with van der Waals surface area (Å²) in [5, 5.41) is 4.68. The summed E-state index contributed by atoms with van der Waals surface area (Å²) in [6.45, 7) is 1.07. The fraction of sp³-hybridized carbons (Fsp3) is 0.333. The zero-order valence-corrected chi connectivity index (χ0v) is 14.6. The van der Waals surface area contributed by atoms with Gasteiger partial charge in [-0.15, -0.1) is 22.7 Å². The smallest absolute Gasteiger partial charge is 0.261 e. The van der Waals surface area contributed by atoms with E-state index in [1.807, 2.05) is 23.6 Å². The Bertz CT molecular complexity index is 625. The van der Waals surface area contributed by atoms with E-state index < -0.39 is 0 Å². The molecule has 2 aromatic heterocycles. The minimum atomic E-state index is -0.0796. The third-order valence-corrected chi connectivity index (χ3v) is 5.13. The molecule has 2 aromatic rings. The van der Waals surface area contributed by atoms with Gasteiger partial charge in [0, 0.05) is 24.9 Å². The molecule has 0 unspecified atom stereocenters. The molecule has 0 saturated heterocycles. The highest BCUT2D eigenvalue weighted by Gasteiger charge is 2.11. The fourth-order valence-electron chi connectivity index (χ4n) is 1.89. The normalized spacial score (nSPS) is 10.5. The Labute approximate surface area is 142 Å². The maximum Gasteiger partial charge on any atom is 0.261 e. The molecule has 4 nitrogen and oxygen atoms in total. The monoisotopic (exact) mass is 356 g/mol. The van der Waals surface area contributed by atoms with Gasteiger partial charge in [0.2, 0.25) is 5.91 Å². The van der Waals surface area contributed by atoms with Crippen LogP contribution in [0.1, 0.15) is 27.4 Å². The van der Waals surface area contributed by atoms with Gasteiger partial charge in [-0.05, 0) is 30.0 Å². The minimum Gasteiger partial charge on any atom is -0.351 e. The van der Waals surface area contributed by atoms with Crippen molar-refractivity contribution >= 4 is 46.1 Å². The van der Waals surface area contributed by atoms with Gasteiger partial charge in [0.25, 0.3) is 5.91 Å². The highest BCUT2D eigenvalue weighted by molar-refractivity contribution is 7.16. The number of halogens is 1. The number of hydrogen-bond donors (Lipinski definition) is 1. The van der Waals surface area contributed by atoms with Crippen LogP contribution in [0, 0.1) is 0 Å². The Balaban J connectivity index is 1.65. The third-order valence-electron chi connectivity index (χ3n) is 3.05. The molecule has 2 amide bonds. The van der Waals surface area contributed by atoms with Gasteiger partial charge < -0.3 is 10.2 Å². The van der Waals surface area contributed by atoms with E-state index in [9.17, 15) is 9.59 Å². The van der Waals surface area contributed by atoms with Crippen LogP contribution in [0.4, 0.5) is 0 Å². The summed E-state index contributed by atoms with van der Waals surface area (Å²) in [6, 6.07) is 7.39. The van der Waals surface area contributed by atoms with Crippen molar-refractivity contribution in [3.05, 3.63) is 43.7 Å². The summed E-state index contributed by atoms with van der Waals surface area (Å²) in [5.41, 5.74) is 0.